The summed E-state index contributed by atoms with van der Waals surface area (Å²) < 4.78 is 22.1. The molecule has 0 radical (unpaired) electrons. The molecule has 0 atom stereocenters. The van der Waals surface area contributed by atoms with Crippen LogP contribution < -0.4 is 10.6 Å². The van der Waals surface area contributed by atoms with Gasteiger partial charge in [-0.2, -0.15) is 0 Å². The van der Waals surface area contributed by atoms with Gasteiger partial charge in [0.1, 0.15) is 0 Å². The van der Waals surface area contributed by atoms with Crippen LogP contribution in [0.4, 0.5) is 0 Å². The van der Waals surface area contributed by atoms with E-state index in [2.05, 4.69) is 22.2 Å². The highest BCUT2D eigenvalue weighted by molar-refractivity contribution is 14.0. The molecule has 0 bridgehead atoms. The first-order valence-electron chi connectivity index (χ1n) is 4.99. The second-order valence-electron chi connectivity index (χ2n) is 4.13. The molecule has 0 unspecified atom stereocenters. The number of hydrogen-bond donors (Lipinski definition) is 2. The zero-order valence-electron chi connectivity index (χ0n) is 10.8. The lowest BCUT2D eigenvalue weighted by Crippen LogP contribution is -2.47. The van der Waals surface area contributed by atoms with Gasteiger partial charge in [-0.3, -0.25) is 4.99 Å². The third kappa shape index (κ3) is 6.87. The van der Waals surface area contributed by atoms with E-state index in [-0.39, 0.29) is 24.0 Å². The molecule has 2 N–H and O–H groups in total. The van der Waals surface area contributed by atoms with E-state index in [4.69, 9.17) is 0 Å². The Kier molecular flexibility index (Phi) is 8.86. The van der Waals surface area contributed by atoms with Gasteiger partial charge in [-0.1, -0.05) is 6.08 Å². The summed E-state index contributed by atoms with van der Waals surface area (Å²) in [6.45, 7) is 7.82. The van der Waals surface area contributed by atoms with Gasteiger partial charge < -0.3 is 10.6 Å². The first-order valence-corrected chi connectivity index (χ1v) is 6.89. The van der Waals surface area contributed by atoms with Gasteiger partial charge in [-0.05, 0) is 13.8 Å². The number of sulfone groups is 1. The number of hydrogen-bond acceptors (Lipinski definition) is 3. The van der Waals surface area contributed by atoms with Crippen LogP contribution in [0.15, 0.2) is 17.6 Å². The van der Waals surface area contributed by atoms with E-state index in [9.17, 15) is 8.42 Å². The van der Waals surface area contributed by atoms with Gasteiger partial charge in [0.25, 0.3) is 0 Å². The fourth-order valence-corrected chi connectivity index (χ4v) is 1.15. The summed E-state index contributed by atoms with van der Waals surface area (Å²) in [6, 6.07) is 0. The topological polar surface area (TPSA) is 70.6 Å². The monoisotopic (exact) mass is 375 g/mol. The fraction of sp³-hybridized carbons (Fsp3) is 0.700. The summed E-state index contributed by atoms with van der Waals surface area (Å²) in [7, 11) is -1.46. The molecule has 0 fully saturated rings. The second-order valence-corrected chi connectivity index (χ2v) is 6.78. The summed E-state index contributed by atoms with van der Waals surface area (Å²) in [5, 5.41) is 5.93. The largest absolute Gasteiger partial charge is 0.355 e. The number of halogens is 1. The van der Waals surface area contributed by atoms with Crippen molar-refractivity contribution in [3.63, 3.8) is 0 Å². The van der Waals surface area contributed by atoms with Crippen molar-refractivity contribution in [2.75, 3.05) is 26.4 Å². The van der Waals surface area contributed by atoms with Gasteiger partial charge in [0, 0.05) is 26.4 Å². The van der Waals surface area contributed by atoms with Crippen molar-refractivity contribution in [1.82, 2.24) is 10.6 Å². The third-order valence-electron chi connectivity index (χ3n) is 2.32. The summed E-state index contributed by atoms with van der Waals surface area (Å²) in [5.41, 5.74) is 0. The number of rotatable bonds is 5. The van der Waals surface area contributed by atoms with E-state index < -0.39 is 14.6 Å². The fourth-order valence-electron chi connectivity index (χ4n) is 0.817. The lowest BCUT2D eigenvalue weighted by atomic mass is 10.2. The molecule has 0 saturated carbocycles. The average molecular weight is 375 g/mol. The number of guanidine groups is 1. The predicted octanol–water partition coefficient (Wildman–Crippen LogP) is 0.779. The van der Waals surface area contributed by atoms with Crippen molar-refractivity contribution >= 4 is 39.8 Å². The molecule has 102 valence electrons. The zero-order chi connectivity index (χ0) is 12.8. The maximum atomic E-state index is 11.5. The molecule has 0 spiro atoms. The molecule has 0 aliphatic rings. The minimum absolute atomic E-state index is 0. The van der Waals surface area contributed by atoms with E-state index in [0.29, 0.717) is 19.0 Å². The highest BCUT2D eigenvalue weighted by atomic mass is 127. The van der Waals surface area contributed by atoms with Crippen LogP contribution in [0.5, 0.6) is 0 Å². The number of nitrogens with one attached hydrogen (secondary N) is 2. The second kappa shape index (κ2) is 7.91. The van der Waals surface area contributed by atoms with Crippen LogP contribution in [0.1, 0.15) is 13.8 Å². The molecule has 0 heterocycles. The Morgan fingerprint density at radius 2 is 1.94 bits per heavy atom. The quantitative estimate of drug-likeness (QED) is 0.323. The van der Waals surface area contributed by atoms with Crippen LogP contribution in [0.2, 0.25) is 0 Å². The van der Waals surface area contributed by atoms with Gasteiger partial charge in [0.05, 0.1) is 4.75 Å². The zero-order valence-corrected chi connectivity index (χ0v) is 13.9. The normalized spacial score (nSPS) is 12.6. The smallest absolute Gasteiger partial charge is 0.191 e. The highest BCUT2D eigenvalue weighted by Crippen LogP contribution is 2.13. The SMILES string of the molecule is C=CCNC(=NC)NCC(C)(C)S(C)(=O)=O.I. The highest BCUT2D eigenvalue weighted by Gasteiger charge is 2.30. The molecular formula is C10H22IN3O2S. The van der Waals surface area contributed by atoms with Gasteiger partial charge in [0.2, 0.25) is 0 Å². The van der Waals surface area contributed by atoms with Crippen molar-refractivity contribution in [3.05, 3.63) is 12.7 Å². The molecule has 7 heteroatoms. The molecular weight excluding hydrogens is 353 g/mol. The first-order chi connectivity index (χ1) is 7.24. The van der Waals surface area contributed by atoms with Crippen LogP contribution in [-0.2, 0) is 9.84 Å². The molecule has 0 amide bonds. The van der Waals surface area contributed by atoms with Crippen LogP contribution in [0.3, 0.4) is 0 Å². The van der Waals surface area contributed by atoms with E-state index in [1.54, 1.807) is 27.0 Å². The van der Waals surface area contributed by atoms with Crippen LogP contribution in [-0.4, -0.2) is 45.5 Å². The molecule has 0 aliphatic carbocycles. The molecule has 0 aromatic rings. The molecule has 0 aliphatic heterocycles. The first kappa shape index (κ1) is 19.0. The van der Waals surface area contributed by atoms with Gasteiger partial charge in [-0.15, -0.1) is 30.6 Å². The predicted molar refractivity (Wildman–Crippen MR) is 83.9 cm³/mol. The average Bonchev–Trinajstić information content (AvgIpc) is 2.16. The van der Waals surface area contributed by atoms with E-state index >= 15 is 0 Å². The Balaban J connectivity index is 0. The Bertz CT molecular complexity index is 364. The van der Waals surface area contributed by atoms with Crippen molar-refractivity contribution in [3.8, 4) is 0 Å². The Morgan fingerprint density at radius 3 is 2.29 bits per heavy atom. The van der Waals surface area contributed by atoms with Gasteiger partial charge in [-0.25, -0.2) is 8.42 Å². The van der Waals surface area contributed by atoms with Crippen molar-refractivity contribution in [2.45, 2.75) is 18.6 Å². The van der Waals surface area contributed by atoms with Crippen molar-refractivity contribution in [1.29, 1.82) is 0 Å². The van der Waals surface area contributed by atoms with Gasteiger partial charge >= 0.3 is 0 Å². The minimum atomic E-state index is -3.09. The number of nitrogens with zero attached hydrogens (tertiary/aromatic N) is 1. The molecule has 0 saturated heterocycles. The maximum absolute atomic E-state index is 11.5. The lowest BCUT2D eigenvalue weighted by molar-refractivity contribution is 0.545. The maximum Gasteiger partial charge on any atom is 0.191 e. The molecule has 0 rings (SSSR count). The Hall–Kier alpha value is -0.310. The molecule has 0 aromatic heterocycles. The van der Waals surface area contributed by atoms with E-state index in [0.717, 1.165) is 0 Å². The molecule has 0 aromatic carbocycles. The molecule has 5 nitrogen and oxygen atoms in total. The minimum Gasteiger partial charge on any atom is -0.355 e. The Morgan fingerprint density at radius 1 is 1.41 bits per heavy atom. The summed E-state index contributed by atoms with van der Waals surface area (Å²) in [6.07, 6.45) is 2.93. The Labute approximate surface area is 121 Å². The van der Waals surface area contributed by atoms with Crippen LogP contribution in [0, 0.1) is 0 Å². The standard InChI is InChI=1S/C10H21N3O2S.HI/c1-6-7-12-9(11-4)13-8-10(2,3)16(5,14)15;/h6H,1,7-8H2,2-5H3,(H2,11,12,13);1H. The van der Waals surface area contributed by atoms with E-state index in [1.807, 2.05) is 0 Å². The van der Waals surface area contributed by atoms with Crippen LogP contribution >= 0.6 is 24.0 Å². The van der Waals surface area contributed by atoms with E-state index in [1.165, 1.54) is 6.26 Å². The molecule has 17 heavy (non-hydrogen) atoms. The lowest BCUT2D eigenvalue weighted by Gasteiger charge is -2.23. The summed E-state index contributed by atoms with van der Waals surface area (Å²) >= 11 is 0. The van der Waals surface area contributed by atoms with Crippen molar-refractivity contribution in [2.24, 2.45) is 4.99 Å². The number of aliphatic imine (C=N–C) groups is 1. The van der Waals surface area contributed by atoms with Crippen LogP contribution in [0.25, 0.3) is 0 Å². The van der Waals surface area contributed by atoms with Crippen molar-refractivity contribution < 1.29 is 8.42 Å². The summed E-state index contributed by atoms with van der Waals surface area (Å²) in [4.78, 5) is 3.96. The van der Waals surface area contributed by atoms with Gasteiger partial charge in [0.15, 0.2) is 15.8 Å². The third-order valence-corrected chi connectivity index (χ3v) is 4.47. The summed E-state index contributed by atoms with van der Waals surface area (Å²) in [5.74, 6) is 0.566.